The summed E-state index contributed by atoms with van der Waals surface area (Å²) in [5.74, 6) is 0.439. The number of nitrogens with zero attached hydrogens (tertiary/aromatic N) is 1. The molecular weight excluding hydrogens is 346 g/mol. The van der Waals surface area contributed by atoms with Crippen molar-refractivity contribution in [2.75, 3.05) is 6.61 Å². The molecule has 5 heteroatoms. The quantitative estimate of drug-likeness (QED) is 0.555. The van der Waals surface area contributed by atoms with Gasteiger partial charge in [-0.25, -0.2) is 0 Å². The highest BCUT2D eigenvalue weighted by Crippen LogP contribution is 2.45. The lowest BCUT2D eigenvalue weighted by Crippen LogP contribution is -2.01. The van der Waals surface area contributed by atoms with Crippen LogP contribution in [0.3, 0.4) is 0 Å². The summed E-state index contributed by atoms with van der Waals surface area (Å²) in [5, 5.41) is 11.1. The van der Waals surface area contributed by atoms with Crippen LogP contribution in [0.1, 0.15) is 36.3 Å². The minimum Gasteiger partial charge on any atom is -0.486 e. The Morgan fingerprint density at radius 2 is 1.82 bits per heavy atom. The topological polar surface area (TPSA) is 52.4 Å². The van der Waals surface area contributed by atoms with Gasteiger partial charge < -0.3 is 4.74 Å². The molecule has 1 saturated carbocycles. The Hall–Kier alpha value is -1.88. The zero-order valence-corrected chi connectivity index (χ0v) is 13.6. The van der Waals surface area contributed by atoms with Gasteiger partial charge in [0.25, 0.3) is 0 Å². The minimum absolute atomic E-state index is 0.0165. The Balaban J connectivity index is 0.000000429. The smallest absolute Gasteiger partial charge is 0.312 e. The zero-order chi connectivity index (χ0) is 15.5. The summed E-state index contributed by atoms with van der Waals surface area (Å²) in [6.45, 7) is 0.441. The molecule has 1 aliphatic heterocycles. The van der Waals surface area contributed by atoms with Gasteiger partial charge in [-0.1, -0.05) is 65.5 Å². The second-order valence-corrected chi connectivity index (χ2v) is 6.35. The van der Waals surface area contributed by atoms with E-state index >= 15 is 0 Å². The first-order chi connectivity index (χ1) is 10.7. The Morgan fingerprint density at radius 1 is 1.14 bits per heavy atom. The van der Waals surface area contributed by atoms with Crippen LogP contribution in [0.5, 0.6) is 5.75 Å². The van der Waals surface area contributed by atoms with Crippen LogP contribution >= 0.6 is 15.9 Å². The van der Waals surface area contributed by atoms with Crippen LogP contribution in [0.2, 0.25) is 0 Å². The van der Waals surface area contributed by atoms with Crippen molar-refractivity contribution in [2.45, 2.75) is 25.2 Å². The highest BCUT2D eigenvalue weighted by molar-refractivity contribution is 9.10. The summed E-state index contributed by atoms with van der Waals surface area (Å²) in [6, 6.07) is 13.3. The van der Waals surface area contributed by atoms with Gasteiger partial charge in [-0.3, -0.25) is 10.1 Å². The van der Waals surface area contributed by atoms with E-state index in [2.05, 4.69) is 15.9 Å². The summed E-state index contributed by atoms with van der Waals surface area (Å²) in [4.78, 5) is 10.7. The van der Waals surface area contributed by atoms with Crippen LogP contribution in [0.4, 0.5) is 5.69 Å². The average Bonchev–Trinajstić information content (AvgIpc) is 3.34. The van der Waals surface area contributed by atoms with Crippen molar-refractivity contribution in [1.82, 2.24) is 0 Å². The maximum absolute atomic E-state index is 11.1. The number of hydrogen-bond donors (Lipinski definition) is 0. The second-order valence-electron chi connectivity index (χ2n) is 5.44. The number of halogens is 1. The largest absolute Gasteiger partial charge is 0.486 e. The third-order valence-electron chi connectivity index (χ3n) is 3.58. The van der Waals surface area contributed by atoms with Crippen molar-refractivity contribution >= 4 is 21.6 Å². The summed E-state index contributed by atoms with van der Waals surface area (Å²) < 4.78 is 6.25. The number of benzene rings is 2. The van der Waals surface area contributed by atoms with E-state index in [1.165, 1.54) is 25.3 Å². The first-order valence-corrected chi connectivity index (χ1v) is 8.11. The van der Waals surface area contributed by atoms with Gasteiger partial charge in [0.2, 0.25) is 5.75 Å². The summed E-state index contributed by atoms with van der Waals surface area (Å²) in [7, 11) is 0. The molecule has 22 heavy (non-hydrogen) atoms. The monoisotopic (exact) mass is 361 g/mol. The third-order valence-corrected chi connectivity index (χ3v) is 4.04. The van der Waals surface area contributed by atoms with Gasteiger partial charge in [-0.05, 0) is 11.6 Å². The van der Waals surface area contributed by atoms with Gasteiger partial charge in [0.15, 0.2) is 0 Å². The zero-order valence-electron chi connectivity index (χ0n) is 12.0. The van der Waals surface area contributed by atoms with Gasteiger partial charge in [0, 0.05) is 22.0 Å². The van der Waals surface area contributed by atoms with Gasteiger partial charge in [0.1, 0.15) is 0 Å². The van der Waals surface area contributed by atoms with Gasteiger partial charge in [0.05, 0.1) is 11.5 Å². The molecule has 0 N–H and O–H groups in total. The highest BCUT2D eigenvalue weighted by atomic mass is 79.9. The standard InChI is InChI=1S/C14H10BrNO3.C3H6/c15-10-6-11-12(9-4-2-1-3-5-9)8-19-14(11)13(7-10)16(17)18;1-2-3-1/h1-7,12H,8H2;1-3H2. The second kappa shape index (κ2) is 6.48. The van der Waals surface area contributed by atoms with E-state index in [1.807, 2.05) is 36.4 Å². The van der Waals surface area contributed by atoms with Crippen molar-refractivity contribution in [3.8, 4) is 5.75 Å². The molecular formula is C17H16BrNO3. The van der Waals surface area contributed by atoms with E-state index < -0.39 is 4.92 Å². The van der Waals surface area contributed by atoms with Crippen LogP contribution in [0.15, 0.2) is 46.9 Å². The molecule has 0 bridgehead atoms. The van der Waals surface area contributed by atoms with Gasteiger partial charge in [-0.15, -0.1) is 0 Å². The lowest BCUT2D eigenvalue weighted by Gasteiger charge is -2.09. The molecule has 0 saturated heterocycles. The highest BCUT2D eigenvalue weighted by Gasteiger charge is 2.32. The van der Waals surface area contributed by atoms with E-state index in [9.17, 15) is 10.1 Å². The van der Waals surface area contributed by atoms with E-state index in [4.69, 9.17) is 4.74 Å². The molecule has 4 nitrogen and oxygen atoms in total. The molecule has 2 aromatic carbocycles. The maximum atomic E-state index is 11.1. The van der Waals surface area contributed by atoms with Gasteiger partial charge in [-0.2, -0.15) is 0 Å². The SMILES string of the molecule is C1CC1.O=[N+]([O-])c1cc(Br)cc2c1OCC2c1ccccc1. The predicted molar refractivity (Wildman–Crippen MR) is 88.4 cm³/mol. The van der Waals surface area contributed by atoms with Crippen molar-refractivity contribution in [3.05, 3.63) is 68.2 Å². The fourth-order valence-corrected chi connectivity index (χ4v) is 2.83. The number of nitro benzene ring substituents is 1. The normalized spacial score (nSPS) is 17.8. The van der Waals surface area contributed by atoms with Crippen molar-refractivity contribution in [1.29, 1.82) is 0 Å². The molecule has 1 heterocycles. The van der Waals surface area contributed by atoms with Crippen LogP contribution in [-0.2, 0) is 0 Å². The summed E-state index contributed by atoms with van der Waals surface area (Å²) >= 11 is 3.32. The Morgan fingerprint density at radius 3 is 2.41 bits per heavy atom. The molecule has 0 amide bonds. The number of ether oxygens (including phenoxy) is 1. The van der Waals surface area contributed by atoms with Crippen LogP contribution in [0.25, 0.3) is 0 Å². The third kappa shape index (κ3) is 3.30. The number of hydrogen-bond acceptors (Lipinski definition) is 3. The molecule has 1 atom stereocenters. The minimum atomic E-state index is -0.406. The number of fused-ring (bicyclic) bond motifs is 1. The van der Waals surface area contributed by atoms with Crippen molar-refractivity contribution in [3.63, 3.8) is 0 Å². The molecule has 0 aromatic heterocycles. The summed E-state index contributed by atoms with van der Waals surface area (Å²) in [6.07, 6.45) is 4.50. The first kappa shape index (κ1) is 15.0. The first-order valence-electron chi connectivity index (χ1n) is 7.32. The van der Waals surface area contributed by atoms with Gasteiger partial charge >= 0.3 is 5.69 Å². The lowest BCUT2D eigenvalue weighted by atomic mass is 9.93. The predicted octanol–water partition coefficient (Wildman–Crippen LogP) is 5.05. The molecule has 1 fully saturated rings. The molecule has 1 aliphatic carbocycles. The van der Waals surface area contributed by atoms with Crippen LogP contribution in [0, 0.1) is 10.1 Å². The lowest BCUT2D eigenvalue weighted by molar-refractivity contribution is -0.385. The van der Waals surface area contributed by atoms with Crippen LogP contribution < -0.4 is 4.74 Å². The molecule has 114 valence electrons. The average molecular weight is 362 g/mol. The van der Waals surface area contributed by atoms with E-state index in [0.29, 0.717) is 16.8 Å². The number of nitro groups is 1. The maximum Gasteiger partial charge on any atom is 0.312 e. The molecule has 4 rings (SSSR count). The molecule has 2 aromatic rings. The Labute approximate surface area is 137 Å². The molecule has 0 radical (unpaired) electrons. The van der Waals surface area contributed by atoms with Crippen molar-refractivity contribution in [2.24, 2.45) is 0 Å². The summed E-state index contributed by atoms with van der Waals surface area (Å²) in [5.41, 5.74) is 1.99. The van der Waals surface area contributed by atoms with Crippen LogP contribution in [-0.4, -0.2) is 11.5 Å². The van der Waals surface area contributed by atoms with E-state index in [0.717, 1.165) is 11.1 Å². The van der Waals surface area contributed by atoms with Crippen molar-refractivity contribution < 1.29 is 9.66 Å². The fraction of sp³-hybridized carbons (Fsp3) is 0.294. The van der Waals surface area contributed by atoms with E-state index in [-0.39, 0.29) is 11.6 Å². The Kier molecular flexibility index (Phi) is 4.43. The molecule has 1 unspecified atom stereocenters. The molecule has 2 aliphatic rings. The number of rotatable bonds is 2. The Bertz CT molecular complexity index is 683. The fourth-order valence-electron chi connectivity index (χ4n) is 2.37. The van der Waals surface area contributed by atoms with E-state index in [1.54, 1.807) is 0 Å². The molecule has 0 spiro atoms.